The largest absolute Gasteiger partial charge is 0.342 e. The third-order valence-electron chi connectivity index (χ3n) is 3.02. The number of thiophene rings is 1. The Bertz CT molecular complexity index is 615. The lowest BCUT2D eigenvalue weighted by Gasteiger charge is -2.15. The summed E-state index contributed by atoms with van der Waals surface area (Å²) >= 11 is 10.5. The number of hydrogen-bond acceptors (Lipinski definition) is 3. The van der Waals surface area contributed by atoms with E-state index in [1.54, 1.807) is 11.3 Å². The maximum atomic E-state index is 5.39. The van der Waals surface area contributed by atoms with E-state index in [4.69, 9.17) is 12.2 Å². The van der Waals surface area contributed by atoms with E-state index in [1.165, 1.54) is 24.1 Å². The number of aryl methyl sites for hydroxylation is 1. The fourth-order valence-corrected chi connectivity index (χ4v) is 3.82. The van der Waals surface area contributed by atoms with E-state index in [0.717, 1.165) is 32.0 Å². The maximum Gasteiger partial charge on any atom is 0.149 e. The lowest BCUT2D eigenvalue weighted by Crippen LogP contribution is -2.08. The zero-order valence-corrected chi connectivity index (χ0v) is 12.3. The Labute approximate surface area is 117 Å². The summed E-state index contributed by atoms with van der Waals surface area (Å²) in [5.41, 5.74) is 2.54. The number of rotatable bonds is 1. The van der Waals surface area contributed by atoms with Gasteiger partial charge < -0.3 is 4.98 Å². The van der Waals surface area contributed by atoms with Crippen LogP contribution in [0.15, 0.2) is 15.9 Å². The number of nitrogens with one attached hydrogen (secondary N) is 1. The van der Waals surface area contributed by atoms with E-state index in [0.29, 0.717) is 0 Å². The molecule has 0 fully saturated rings. The van der Waals surface area contributed by atoms with Gasteiger partial charge in [-0.05, 0) is 53.7 Å². The molecular formula is C12H11BrN2S2. The summed E-state index contributed by atoms with van der Waals surface area (Å²) < 4.78 is 1.89. The second-order valence-electron chi connectivity index (χ2n) is 4.16. The van der Waals surface area contributed by atoms with Crippen LogP contribution < -0.4 is 0 Å². The molecule has 0 aliphatic heterocycles. The van der Waals surface area contributed by atoms with Gasteiger partial charge >= 0.3 is 0 Å². The standard InChI is InChI=1S/C12H11BrN2S2/c13-10-6-5-9(17-10)11-14-8-4-2-1-3-7(8)12(16)15-11/h5-6H,1-4H2,(H,14,15,16). The minimum absolute atomic E-state index is 0.776. The van der Waals surface area contributed by atoms with Gasteiger partial charge in [0.2, 0.25) is 0 Å². The van der Waals surface area contributed by atoms with Gasteiger partial charge in [0.25, 0.3) is 0 Å². The summed E-state index contributed by atoms with van der Waals surface area (Å²) in [5, 5.41) is 0. The van der Waals surface area contributed by atoms with Gasteiger partial charge in [-0.25, -0.2) is 4.98 Å². The highest BCUT2D eigenvalue weighted by molar-refractivity contribution is 9.11. The molecule has 17 heavy (non-hydrogen) atoms. The van der Waals surface area contributed by atoms with Crippen molar-refractivity contribution in [3.63, 3.8) is 0 Å². The maximum absolute atomic E-state index is 5.39. The molecule has 2 aromatic rings. The lowest BCUT2D eigenvalue weighted by atomic mass is 9.97. The van der Waals surface area contributed by atoms with Crippen molar-refractivity contribution in [2.75, 3.05) is 0 Å². The van der Waals surface area contributed by atoms with Crippen molar-refractivity contribution in [1.82, 2.24) is 9.97 Å². The van der Waals surface area contributed by atoms with E-state index in [9.17, 15) is 0 Å². The average molecular weight is 327 g/mol. The monoisotopic (exact) mass is 326 g/mol. The second kappa shape index (κ2) is 4.63. The normalized spacial score (nSPS) is 14.6. The van der Waals surface area contributed by atoms with Gasteiger partial charge in [-0.3, -0.25) is 0 Å². The second-order valence-corrected chi connectivity index (χ2v) is 7.01. The van der Waals surface area contributed by atoms with Crippen molar-refractivity contribution in [1.29, 1.82) is 0 Å². The Hall–Kier alpha value is -0.520. The number of fused-ring (bicyclic) bond motifs is 1. The van der Waals surface area contributed by atoms with Crippen LogP contribution in [-0.4, -0.2) is 9.97 Å². The molecule has 1 aliphatic rings. The fourth-order valence-electron chi connectivity index (χ4n) is 2.18. The predicted molar refractivity (Wildman–Crippen MR) is 77.1 cm³/mol. The van der Waals surface area contributed by atoms with Crippen LogP contribution in [-0.2, 0) is 12.8 Å². The molecule has 1 N–H and O–H groups in total. The molecule has 0 amide bonds. The minimum atomic E-state index is 0.776. The van der Waals surface area contributed by atoms with Crippen molar-refractivity contribution in [3.8, 4) is 10.7 Å². The third-order valence-corrected chi connectivity index (χ3v) is 4.98. The highest BCUT2D eigenvalue weighted by Gasteiger charge is 2.14. The highest BCUT2D eigenvalue weighted by atomic mass is 79.9. The van der Waals surface area contributed by atoms with Crippen LogP contribution in [0.5, 0.6) is 0 Å². The molecule has 88 valence electrons. The summed E-state index contributed by atoms with van der Waals surface area (Å²) in [4.78, 5) is 9.10. The average Bonchev–Trinajstić information content (AvgIpc) is 2.76. The van der Waals surface area contributed by atoms with Crippen molar-refractivity contribution < 1.29 is 0 Å². The molecular weight excluding hydrogens is 316 g/mol. The molecule has 1 aliphatic carbocycles. The quantitative estimate of drug-likeness (QED) is 0.781. The van der Waals surface area contributed by atoms with Gasteiger partial charge in [-0.1, -0.05) is 12.2 Å². The first-order chi connectivity index (χ1) is 8.24. The molecule has 2 heterocycles. The third kappa shape index (κ3) is 2.23. The number of halogens is 1. The first-order valence-corrected chi connectivity index (χ1v) is 7.63. The molecule has 0 radical (unpaired) electrons. The number of hydrogen-bond donors (Lipinski definition) is 1. The van der Waals surface area contributed by atoms with E-state index in [-0.39, 0.29) is 0 Å². The fraction of sp³-hybridized carbons (Fsp3) is 0.333. The zero-order valence-electron chi connectivity index (χ0n) is 9.12. The first-order valence-electron chi connectivity index (χ1n) is 5.62. The zero-order chi connectivity index (χ0) is 11.8. The Kier molecular flexibility index (Phi) is 3.15. The van der Waals surface area contributed by atoms with Gasteiger partial charge in [0, 0.05) is 11.3 Å². The molecule has 2 aromatic heterocycles. The Morgan fingerprint density at radius 1 is 1.29 bits per heavy atom. The summed E-state index contributed by atoms with van der Waals surface area (Å²) in [6.07, 6.45) is 4.65. The molecule has 0 unspecified atom stereocenters. The Balaban J connectivity index is 2.13. The van der Waals surface area contributed by atoms with Gasteiger partial charge in [0.15, 0.2) is 0 Å². The van der Waals surface area contributed by atoms with Crippen LogP contribution in [0, 0.1) is 4.64 Å². The smallest absolute Gasteiger partial charge is 0.149 e. The van der Waals surface area contributed by atoms with Crippen LogP contribution in [0.3, 0.4) is 0 Å². The first kappa shape index (κ1) is 11.6. The van der Waals surface area contributed by atoms with E-state index in [1.807, 2.05) is 6.07 Å². The summed E-state index contributed by atoms with van der Waals surface area (Å²) in [6.45, 7) is 0. The van der Waals surface area contributed by atoms with E-state index in [2.05, 4.69) is 32.0 Å². The molecule has 0 atom stereocenters. The van der Waals surface area contributed by atoms with Gasteiger partial charge in [-0.2, -0.15) is 0 Å². The van der Waals surface area contributed by atoms with Crippen LogP contribution >= 0.6 is 39.5 Å². The summed E-state index contributed by atoms with van der Waals surface area (Å²) in [7, 11) is 0. The lowest BCUT2D eigenvalue weighted by molar-refractivity contribution is 0.661. The number of nitrogens with zero attached hydrogens (tertiary/aromatic N) is 1. The predicted octanol–water partition coefficient (Wildman–Crippen LogP) is 4.51. The van der Waals surface area contributed by atoms with Crippen molar-refractivity contribution in [2.45, 2.75) is 25.7 Å². The molecule has 0 aromatic carbocycles. The summed E-state index contributed by atoms with van der Waals surface area (Å²) in [6, 6.07) is 4.11. The molecule has 3 rings (SSSR count). The van der Waals surface area contributed by atoms with Gasteiger partial charge in [0.1, 0.15) is 10.5 Å². The van der Waals surface area contributed by atoms with E-state index < -0.39 is 0 Å². The minimum Gasteiger partial charge on any atom is -0.342 e. The topological polar surface area (TPSA) is 28.7 Å². The molecule has 5 heteroatoms. The van der Waals surface area contributed by atoms with Gasteiger partial charge in [0.05, 0.1) is 8.66 Å². The molecule has 0 saturated heterocycles. The van der Waals surface area contributed by atoms with Gasteiger partial charge in [-0.15, -0.1) is 11.3 Å². The number of H-pyrrole nitrogens is 1. The molecule has 2 nitrogen and oxygen atoms in total. The van der Waals surface area contributed by atoms with Crippen LogP contribution in [0.4, 0.5) is 0 Å². The van der Waals surface area contributed by atoms with Crippen LogP contribution in [0.1, 0.15) is 24.1 Å². The van der Waals surface area contributed by atoms with Crippen LogP contribution in [0.2, 0.25) is 0 Å². The number of aromatic amines is 1. The van der Waals surface area contributed by atoms with Crippen molar-refractivity contribution >= 4 is 39.5 Å². The number of aromatic nitrogens is 2. The van der Waals surface area contributed by atoms with Crippen LogP contribution in [0.25, 0.3) is 10.7 Å². The molecule has 0 saturated carbocycles. The Morgan fingerprint density at radius 3 is 2.88 bits per heavy atom. The highest BCUT2D eigenvalue weighted by Crippen LogP contribution is 2.30. The molecule has 0 spiro atoms. The summed E-state index contributed by atoms with van der Waals surface area (Å²) in [5.74, 6) is 0.909. The van der Waals surface area contributed by atoms with E-state index >= 15 is 0 Å². The Morgan fingerprint density at radius 2 is 2.12 bits per heavy atom. The van der Waals surface area contributed by atoms with Crippen molar-refractivity contribution in [2.24, 2.45) is 0 Å². The SMILES string of the molecule is S=c1nc(-c2ccc(Br)s2)[nH]c2c1CCCC2. The molecule has 0 bridgehead atoms. The van der Waals surface area contributed by atoms with Crippen molar-refractivity contribution in [3.05, 3.63) is 31.8 Å².